The lowest BCUT2D eigenvalue weighted by Gasteiger charge is -2.17. The third-order valence-corrected chi connectivity index (χ3v) is 7.40. The molecule has 1 amide bonds. The van der Waals surface area contributed by atoms with Gasteiger partial charge >= 0.3 is 0 Å². The molecule has 0 radical (unpaired) electrons. The third-order valence-electron chi connectivity index (χ3n) is 4.93. The largest absolute Gasteiger partial charge is 0.324 e. The van der Waals surface area contributed by atoms with Gasteiger partial charge < -0.3 is 10.3 Å². The van der Waals surface area contributed by atoms with Gasteiger partial charge in [0.25, 0.3) is 5.56 Å². The number of rotatable bonds is 4. The van der Waals surface area contributed by atoms with Crippen LogP contribution in [0.15, 0.2) is 34.2 Å². The number of thiophene rings is 1. The van der Waals surface area contributed by atoms with E-state index in [9.17, 15) is 9.59 Å². The maximum Gasteiger partial charge on any atom is 0.260 e. The van der Waals surface area contributed by atoms with Gasteiger partial charge in [0.2, 0.25) is 5.91 Å². The average Bonchev–Trinajstić information content (AvgIpc) is 3.01. The van der Waals surface area contributed by atoms with Crippen LogP contribution in [0.1, 0.15) is 30.7 Å². The van der Waals surface area contributed by atoms with E-state index in [1.807, 2.05) is 6.07 Å². The number of aryl methyl sites for hydroxylation is 1. The maximum absolute atomic E-state index is 12.7. The zero-order valence-electron chi connectivity index (χ0n) is 15.5. The first kappa shape index (κ1) is 19.5. The summed E-state index contributed by atoms with van der Waals surface area (Å²) in [6.45, 7) is 4.02. The standard InChI is InChI=1S/C20H20ClN3O2S2/c1-10-7-8-12-15(9-10)28-19-16(12)18(26)23-20(24-19)27-11(2)17(25)22-14-6-4-3-5-13(14)21/h3-6,10-11H,7-9H2,1-2H3,(H,22,25)(H,23,24,26). The number of H-pyrrole nitrogens is 1. The SMILES string of the molecule is CC1CCc2c(sc3nc(SC(C)C(=O)Nc4ccccc4Cl)[nH]c(=O)c23)C1. The van der Waals surface area contributed by atoms with Gasteiger partial charge in [0.05, 0.1) is 21.3 Å². The van der Waals surface area contributed by atoms with E-state index in [1.54, 1.807) is 36.5 Å². The van der Waals surface area contributed by atoms with Crippen molar-refractivity contribution in [1.82, 2.24) is 9.97 Å². The third kappa shape index (κ3) is 3.83. The minimum absolute atomic E-state index is 0.113. The molecule has 2 atom stereocenters. The van der Waals surface area contributed by atoms with Crippen LogP contribution >= 0.6 is 34.7 Å². The van der Waals surface area contributed by atoms with Crippen LogP contribution in [0, 0.1) is 5.92 Å². The number of nitrogens with zero attached hydrogens (tertiary/aromatic N) is 1. The smallest absolute Gasteiger partial charge is 0.260 e. The number of aromatic nitrogens is 2. The van der Waals surface area contributed by atoms with Crippen molar-refractivity contribution in [3.05, 3.63) is 50.1 Å². The molecule has 4 rings (SSSR count). The lowest BCUT2D eigenvalue weighted by molar-refractivity contribution is -0.115. The van der Waals surface area contributed by atoms with Gasteiger partial charge in [-0.1, -0.05) is 42.4 Å². The second kappa shape index (κ2) is 7.89. The first-order valence-corrected chi connectivity index (χ1v) is 11.3. The number of carbonyl (C=O) groups is 1. The van der Waals surface area contributed by atoms with E-state index < -0.39 is 5.25 Å². The van der Waals surface area contributed by atoms with Gasteiger partial charge in [0.1, 0.15) is 4.83 Å². The summed E-state index contributed by atoms with van der Waals surface area (Å²) in [7, 11) is 0. The Hall–Kier alpha value is -1.83. The number of anilines is 1. The van der Waals surface area contributed by atoms with E-state index in [0.717, 1.165) is 35.0 Å². The molecule has 2 aromatic heterocycles. The lowest BCUT2D eigenvalue weighted by Crippen LogP contribution is -2.23. The van der Waals surface area contributed by atoms with E-state index in [2.05, 4.69) is 22.2 Å². The number of benzene rings is 1. The molecule has 5 nitrogen and oxygen atoms in total. The predicted molar refractivity (Wildman–Crippen MR) is 117 cm³/mol. The Kier molecular flexibility index (Phi) is 5.49. The highest BCUT2D eigenvalue weighted by atomic mass is 35.5. The molecule has 2 unspecified atom stereocenters. The Morgan fingerprint density at radius 3 is 3.00 bits per heavy atom. The fourth-order valence-electron chi connectivity index (χ4n) is 3.40. The zero-order chi connectivity index (χ0) is 19.8. The number of aromatic amines is 1. The molecule has 2 N–H and O–H groups in total. The Morgan fingerprint density at radius 1 is 1.43 bits per heavy atom. The van der Waals surface area contributed by atoms with Crippen LogP contribution in [0.3, 0.4) is 0 Å². The summed E-state index contributed by atoms with van der Waals surface area (Å²) in [6.07, 6.45) is 3.05. The van der Waals surface area contributed by atoms with Crippen LogP contribution in [0.25, 0.3) is 10.2 Å². The van der Waals surface area contributed by atoms with E-state index in [-0.39, 0.29) is 11.5 Å². The fraction of sp³-hybridized carbons (Fsp3) is 0.350. The minimum Gasteiger partial charge on any atom is -0.324 e. The molecule has 0 saturated carbocycles. The molecule has 28 heavy (non-hydrogen) atoms. The van der Waals surface area contributed by atoms with Crippen molar-refractivity contribution in [2.24, 2.45) is 5.92 Å². The van der Waals surface area contributed by atoms with Crippen LogP contribution in [-0.2, 0) is 17.6 Å². The molecule has 0 bridgehead atoms. The van der Waals surface area contributed by atoms with Crippen molar-refractivity contribution in [3.8, 4) is 0 Å². The van der Waals surface area contributed by atoms with Crippen molar-refractivity contribution >= 4 is 56.5 Å². The number of para-hydroxylation sites is 1. The molecule has 146 valence electrons. The molecular weight excluding hydrogens is 414 g/mol. The van der Waals surface area contributed by atoms with Crippen LogP contribution in [0.2, 0.25) is 5.02 Å². The van der Waals surface area contributed by atoms with Crippen molar-refractivity contribution in [2.75, 3.05) is 5.32 Å². The van der Waals surface area contributed by atoms with Crippen molar-refractivity contribution in [2.45, 2.75) is 43.5 Å². The van der Waals surface area contributed by atoms with E-state index in [1.165, 1.54) is 16.6 Å². The number of nitrogens with one attached hydrogen (secondary N) is 2. The van der Waals surface area contributed by atoms with Crippen LogP contribution in [0.4, 0.5) is 5.69 Å². The summed E-state index contributed by atoms with van der Waals surface area (Å²) in [5.41, 5.74) is 1.62. The summed E-state index contributed by atoms with van der Waals surface area (Å²) in [5.74, 6) is 0.446. The Bertz CT molecular complexity index is 1110. The molecule has 0 spiro atoms. The van der Waals surface area contributed by atoms with Gasteiger partial charge in [-0.2, -0.15) is 0 Å². The average molecular weight is 434 g/mol. The zero-order valence-corrected chi connectivity index (χ0v) is 17.9. The molecule has 0 saturated heterocycles. The number of thioether (sulfide) groups is 1. The number of fused-ring (bicyclic) bond motifs is 3. The van der Waals surface area contributed by atoms with E-state index >= 15 is 0 Å². The molecule has 1 aromatic carbocycles. The number of hydrogen-bond donors (Lipinski definition) is 2. The topological polar surface area (TPSA) is 74.8 Å². The quantitative estimate of drug-likeness (QED) is 0.454. The van der Waals surface area contributed by atoms with Gasteiger partial charge in [0.15, 0.2) is 5.16 Å². The molecule has 8 heteroatoms. The summed E-state index contributed by atoms with van der Waals surface area (Å²) in [4.78, 5) is 34.7. The molecule has 0 fully saturated rings. The Labute approximate surface area is 175 Å². The molecule has 1 aliphatic rings. The summed E-state index contributed by atoms with van der Waals surface area (Å²) in [6, 6.07) is 7.09. The van der Waals surface area contributed by atoms with Gasteiger partial charge in [-0.05, 0) is 49.8 Å². The molecule has 1 aliphatic carbocycles. The van der Waals surface area contributed by atoms with Gasteiger partial charge in [-0.25, -0.2) is 4.98 Å². The first-order chi connectivity index (χ1) is 13.4. The summed E-state index contributed by atoms with van der Waals surface area (Å²) < 4.78 is 0. The maximum atomic E-state index is 12.7. The summed E-state index contributed by atoms with van der Waals surface area (Å²) in [5, 5.41) is 4.05. The Balaban J connectivity index is 1.55. The van der Waals surface area contributed by atoms with Crippen molar-refractivity contribution in [1.29, 1.82) is 0 Å². The predicted octanol–water partition coefficient (Wildman–Crippen LogP) is 4.88. The van der Waals surface area contributed by atoms with Crippen LogP contribution < -0.4 is 10.9 Å². The number of amides is 1. The second-order valence-corrected chi connectivity index (χ2v) is 9.95. The van der Waals surface area contributed by atoms with Gasteiger partial charge in [0, 0.05) is 4.88 Å². The number of halogens is 1. The first-order valence-electron chi connectivity index (χ1n) is 9.19. The molecule has 3 aromatic rings. The monoisotopic (exact) mass is 433 g/mol. The van der Waals surface area contributed by atoms with Crippen molar-refractivity contribution < 1.29 is 4.79 Å². The molecular formula is C20H20ClN3O2S2. The van der Waals surface area contributed by atoms with Crippen LogP contribution in [0.5, 0.6) is 0 Å². The van der Waals surface area contributed by atoms with Crippen molar-refractivity contribution in [3.63, 3.8) is 0 Å². The van der Waals surface area contributed by atoms with E-state index in [4.69, 9.17) is 11.6 Å². The molecule has 2 heterocycles. The van der Waals surface area contributed by atoms with Crippen LogP contribution in [-0.4, -0.2) is 21.1 Å². The highest BCUT2D eigenvalue weighted by Gasteiger charge is 2.24. The van der Waals surface area contributed by atoms with Gasteiger partial charge in [-0.3, -0.25) is 9.59 Å². The summed E-state index contributed by atoms with van der Waals surface area (Å²) >= 11 is 8.95. The van der Waals surface area contributed by atoms with E-state index in [0.29, 0.717) is 21.8 Å². The molecule has 0 aliphatic heterocycles. The highest BCUT2D eigenvalue weighted by molar-refractivity contribution is 8.00. The Morgan fingerprint density at radius 2 is 2.21 bits per heavy atom. The fourth-order valence-corrected chi connectivity index (χ4v) is 5.82. The highest BCUT2D eigenvalue weighted by Crippen LogP contribution is 2.36. The number of carbonyl (C=O) groups excluding carboxylic acids is 1. The van der Waals surface area contributed by atoms with Gasteiger partial charge in [-0.15, -0.1) is 11.3 Å². The second-order valence-electron chi connectivity index (χ2n) is 7.13. The minimum atomic E-state index is -0.438. The number of hydrogen-bond acceptors (Lipinski definition) is 5. The lowest BCUT2D eigenvalue weighted by atomic mass is 9.89. The normalized spacial score (nSPS) is 17.3.